The van der Waals surface area contributed by atoms with Gasteiger partial charge in [-0.15, -0.1) is 0 Å². The number of hydrogen-bond donors (Lipinski definition) is 1. The van der Waals surface area contributed by atoms with Gasteiger partial charge in [-0.05, 0) is 20.8 Å². The van der Waals surface area contributed by atoms with E-state index in [1.54, 1.807) is 0 Å². The Morgan fingerprint density at radius 2 is 1.81 bits per heavy atom. The van der Waals surface area contributed by atoms with Gasteiger partial charge in [0.05, 0.1) is 0 Å². The van der Waals surface area contributed by atoms with Crippen LogP contribution in [0.2, 0.25) is 0 Å². The predicted octanol–water partition coefficient (Wildman–Crippen LogP) is 2.89. The summed E-state index contributed by atoms with van der Waals surface area (Å²) in [7, 11) is 0. The summed E-state index contributed by atoms with van der Waals surface area (Å²) in [5.74, 6) is 0.283. The monoisotopic (exact) mass is 216 g/mol. The number of nitrogens with zero attached hydrogens (tertiary/aromatic N) is 2. The Hall–Kier alpha value is -1.77. The Balaban J connectivity index is 2.58. The van der Waals surface area contributed by atoms with Crippen LogP contribution in [0, 0.1) is 13.8 Å². The van der Waals surface area contributed by atoms with Gasteiger partial charge in [-0.3, -0.25) is 4.68 Å². The molecule has 3 heteroatoms. The molecule has 1 aromatic carbocycles. The maximum atomic E-state index is 9.99. The zero-order chi connectivity index (χ0) is 11.7. The van der Waals surface area contributed by atoms with Crippen LogP contribution in [0.3, 0.4) is 0 Å². The van der Waals surface area contributed by atoms with Gasteiger partial charge in [0.15, 0.2) is 5.75 Å². The lowest BCUT2D eigenvalue weighted by Crippen LogP contribution is -1.99. The van der Waals surface area contributed by atoms with Gasteiger partial charge in [-0.25, -0.2) is 0 Å². The molecule has 0 atom stereocenters. The quantitative estimate of drug-likeness (QED) is 0.838. The molecule has 3 nitrogen and oxygen atoms in total. The van der Waals surface area contributed by atoms with Crippen LogP contribution in [0.15, 0.2) is 24.3 Å². The molecule has 0 spiro atoms. The van der Waals surface area contributed by atoms with Crippen molar-refractivity contribution in [3.8, 4) is 17.0 Å². The molecule has 0 aliphatic rings. The van der Waals surface area contributed by atoms with Crippen molar-refractivity contribution in [3.63, 3.8) is 0 Å². The normalized spacial score (nSPS) is 10.7. The molecule has 84 valence electrons. The van der Waals surface area contributed by atoms with Crippen molar-refractivity contribution in [2.75, 3.05) is 0 Å². The van der Waals surface area contributed by atoms with E-state index in [0.29, 0.717) is 5.69 Å². The molecular formula is C13H16N2O. The largest absolute Gasteiger partial charge is 0.504 e. The van der Waals surface area contributed by atoms with Crippen molar-refractivity contribution in [1.29, 1.82) is 0 Å². The minimum atomic E-state index is 0.283. The van der Waals surface area contributed by atoms with E-state index in [4.69, 9.17) is 0 Å². The van der Waals surface area contributed by atoms with Gasteiger partial charge >= 0.3 is 0 Å². The fraction of sp³-hybridized carbons (Fsp3) is 0.308. The molecule has 1 N–H and O–H groups in total. The van der Waals surface area contributed by atoms with E-state index in [1.807, 2.05) is 49.7 Å². The standard InChI is InChI=1S/C13H16N2O/c1-4-15-12(13(16)10(3)14-15)11-7-5-9(2)6-8-11/h5-8,16H,4H2,1-3H3. The van der Waals surface area contributed by atoms with Gasteiger partial charge in [-0.2, -0.15) is 5.10 Å². The van der Waals surface area contributed by atoms with E-state index in [2.05, 4.69) is 5.10 Å². The average molecular weight is 216 g/mol. The Kier molecular flexibility index (Phi) is 2.69. The van der Waals surface area contributed by atoms with Crippen LogP contribution in [-0.2, 0) is 6.54 Å². The van der Waals surface area contributed by atoms with Crippen molar-refractivity contribution in [3.05, 3.63) is 35.5 Å². The fourth-order valence-corrected chi connectivity index (χ4v) is 1.80. The van der Waals surface area contributed by atoms with Crippen molar-refractivity contribution in [1.82, 2.24) is 9.78 Å². The van der Waals surface area contributed by atoms with Crippen LogP contribution in [0.25, 0.3) is 11.3 Å². The lowest BCUT2D eigenvalue weighted by atomic mass is 10.1. The summed E-state index contributed by atoms with van der Waals surface area (Å²) in [6, 6.07) is 8.10. The molecule has 0 saturated carbocycles. The van der Waals surface area contributed by atoms with Gasteiger partial charge in [0, 0.05) is 12.1 Å². The third-order valence-corrected chi connectivity index (χ3v) is 2.72. The molecule has 1 aromatic heterocycles. The SMILES string of the molecule is CCn1nc(C)c(O)c1-c1ccc(C)cc1. The Bertz CT molecular complexity index is 497. The molecule has 0 radical (unpaired) electrons. The summed E-state index contributed by atoms with van der Waals surface area (Å²) in [6.45, 7) is 6.64. The minimum Gasteiger partial charge on any atom is -0.504 e. The highest BCUT2D eigenvalue weighted by Crippen LogP contribution is 2.31. The fourth-order valence-electron chi connectivity index (χ4n) is 1.80. The smallest absolute Gasteiger partial charge is 0.164 e. The van der Waals surface area contributed by atoms with E-state index in [-0.39, 0.29) is 5.75 Å². The third kappa shape index (κ3) is 1.69. The van der Waals surface area contributed by atoms with Crippen molar-refractivity contribution < 1.29 is 5.11 Å². The highest BCUT2D eigenvalue weighted by Gasteiger charge is 2.14. The second-order valence-electron chi connectivity index (χ2n) is 3.96. The number of aromatic nitrogens is 2. The molecule has 0 bridgehead atoms. The molecule has 1 heterocycles. The molecule has 0 aliphatic heterocycles. The average Bonchev–Trinajstić information content (AvgIpc) is 2.57. The van der Waals surface area contributed by atoms with E-state index in [0.717, 1.165) is 17.8 Å². The first-order valence-electron chi connectivity index (χ1n) is 5.47. The van der Waals surface area contributed by atoms with Crippen LogP contribution in [0.5, 0.6) is 5.75 Å². The zero-order valence-electron chi connectivity index (χ0n) is 9.86. The zero-order valence-corrected chi connectivity index (χ0v) is 9.86. The van der Waals surface area contributed by atoms with Crippen LogP contribution < -0.4 is 0 Å². The molecule has 0 aliphatic carbocycles. The number of hydrogen-bond acceptors (Lipinski definition) is 2. The number of aromatic hydroxyl groups is 1. The topological polar surface area (TPSA) is 38.0 Å². The first-order chi connectivity index (χ1) is 7.63. The summed E-state index contributed by atoms with van der Waals surface area (Å²) in [4.78, 5) is 0. The number of benzene rings is 1. The Labute approximate surface area is 95.3 Å². The van der Waals surface area contributed by atoms with Gasteiger partial charge in [0.1, 0.15) is 11.4 Å². The van der Waals surface area contributed by atoms with E-state index < -0.39 is 0 Å². The van der Waals surface area contributed by atoms with Crippen LogP contribution >= 0.6 is 0 Å². The summed E-state index contributed by atoms with van der Waals surface area (Å²) in [5.41, 5.74) is 3.70. The lowest BCUT2D eigenvalue weighted by Gasteiger charge is -2.05. The second-order valence-corrected chi connectivity index (χ2v) is 3.96. The van der Waals surface area contributed by atoms with Gasteiger partial charge in [0.2, 0.25) is 0 Å². The maximum Gasteiger partial charge on any atom is 0.164 e. The summed E-state index contributed by atoms with van der Waals surface area (Å²) in [5, 5.41) is 14.3. The Morgan fingerprint density at radius 1 is 1.19 bits per heavy atom. The molecule has 0 fully saturated rings. The van der Waals surface area contributed by atoms with E-state index >= 15 is 0 Å². The molecular weight excluding hydrogens is 200 g/mol. The van der Waals surface area contributed by atoms with Gasteiger partial charge in [-0.1, -0.05) is 29.8 Å². The van der Waals surface area contributed by atoms with Crippen LogP contribution in [-0.4, -0.2) is 14.9 Å². The number of rotatable bonds is 2. The Morgan fingerprint density at radius 3 is 2.38 bits per heavy atom. The highest BCUT2D eigenvalue weighted by molar-refractivity contribution is 5.67. The predicted molar refractivity (Wildman–Crippen MR) is 64.5 cm³/mol. The van der Waals surface area contributed by atoms with Crippen molar-refractivity contribution in [2.45, 2.75) is 27.3 Å². The number of aryl methyl sites for hydroxylation is 3. The second kappa shape index (κ2) is 4.00. The van der Waals surface area contributed by atoms with Gasteiger partial charge < -0.3 is 5.11 Å². The molecule has 16 heavy (non-hydrogen) atoms. The third-order valence-electron chi connectivity index (χ3n) is 2.72. The summed E-state index contributed by atoms with van der Waals surface area (Å²) < 4.78 is 1.83. The summed E-state index contributed by atoms with van der Waals surface area (Å²) >= 11 is 0. The van der Waals surface area contributed by atoms with Crippen LogP contribution in [0.4, 0.5) is 0 Å². The lowest BCUT2D eigenvalue weighted by molar-refractivity contribution is 0.472. The maximum absolute atomic E-state index is 9.99. The molecule has 0 saturated heterocycles. The molecule has 2 aromatic rings. The summed E-state index contributed by atoms with van der Waals surface area (Å²) in [6.07, 6.45) is 0. The first-order valence-corrected chi connectivity index (χ1v) is 5.47. The van der Waals surface area contributed by atoms with Crippen molar-refractivity contribution in [2.24, 2.45) is 0 Å². The molecule has 2 rings (SSSR count). The van der Waals surface area contributed by atoms with Crippen LogP contribution in [0.1, 0.15) is 18.2 Å². The minimum absolute atomic E-state index is 0.283. The first kappa shape index (κ1) is 10.7. The molecule has 0 unspecified atom stereocenters. The van der Waals surface area contributed by atoms with Gasteiger partial charge in [0.25, 0.3) is 0 Å². The highest BCUT2D eigenvalue weighted by atomic mass is 16.3. The van der Waals surface area contributed by atoms with E-state index in [1.165, 1.54) is 5.56 Å². The van der Waals surface area contributed by atoms with E-state index in [9.17, 15) is 5.11 Å². The van der Waals surface area contributed by atoms with Crippen molar-refractivity contribution >= 4 is 0 Å². The molecule has 0 amide bonds.